The van der Waals surface area contributed by atoms with Gasteiger partial charge in [0.2, 0.25) is 5.91 Å². The quantitative estimate of drug-likeness (QED) is 0.708. The maximum absolute atomic E-state index is 11.5. The standard InChI is InChI=1S/C20H27N3O3/c21-20(25)16-3-4-17-13-22-14-19(18(17)12-16)23-7-5-15(6-8-23)2-1-10-26-11-9-24/h3-4,12-15,24H,1-2,5-11H2,(H2,21,25). The summed E-state index contributed by atoms with van der Waals surface area (Å²) < 4.78 is 5.34. The number of piperidine rings is 1. The normalized spacial score (nSPS) is 15.5. The Bertz CT molecular complexity index is 742. The van der Waals surface area contributed by atoms with Crippen LogP contribution in [-0.2, 0) is 4.74 Å². The molecule has 0 unspecified atom stereocenters. The van der Waals surface area contributed by atoms with Gasteiger partial charge in [0.1, 0.15) is 0 Å². The zero-order valence-corrected chi connectivity index (χ0v) is 15.1. The van der Waals surface area contributed by atoms with Crippen LogP contribution in [0.2, 0.25) is 0 Å². The van der Waals surface area contributed by atoms with Crippen molar-refractivity contribution >= 4 is 22.4 Å². The van der Waals surface area contributed by atoms with Gasteiger partial charge in [0.05, 0.1) is 25.1 Å². The summed E-state index contributed by atoms with van der Waals surface area (Å²) in [5.41, 5.74) is 7.05. The second-order valence-corrected chi connectivity index (χ2v) is 6.87. The van der Waals surface area contributed by atoms with E-state index >= 15 is 0 Å². The second kappa shape index (κ2) is 8.96. The van der Waals surface area contributed by atoms with E-state index in [0.29, 0.717) is 18.1 Å². The lowest BCUT2D eigenvalue weighted by Crippen LogP contribution is -2.34. The number of nitrogens with two attached hydrogens (primary N) is 1. The molecule has 3 N–H and O–H groups in total. The number of fused-ring (bicyclic) bond motifs is 1. The van der Waals surface area contributed by atoms with Gasteiger partial charge < -0.3 is 20.5 Å². The van der Waals surface area contributed by atoms with Crippen LogP contribution < -0.4 is 10.6 Å². The zero-order valence-electron chi connectivity index (χ0n) is 15.1. The smallest absolute Gasteiger partial charge is 0.248 e. The van der Waals surface area contributed by atoms with Gasteiger partial charge in [-0.1, -0.05) is 6.07 Å². The van der Waals surface area contributed by atoms with Crippen molar-refractivity contribution in [2.45, 2.75) is 25.7 Å². The highest BCUT2D eigenvalue weighted by Crippen LogP contribution is 2.31. The van der Waals surface area contributed by atoms with Gasteiger partial charge in [-0.3, -0.25) is 9.78 Å². The molecule has 0 saturated carbocycles. The summed E-state index contributed by atoms with van der Waals surface area (Å²) in [6, 6.07) is 5.53. The number of carbonyl (C=O) groups excluding carboxylic acids is 1. The molecule has 0 atom stereocenters. The number of hydrogen-bond acceptors (Lipinski definition) is 5. The second-order valence-electron chi connectivity index (χ2n) is 6.87. The molecule has 1 fully saturated rings. The van der Waals surface area contributed by atoms with Gasteiger partial charge in [-0.05, 0) is 43.7 Å². The average molecular weight is 357 g/mol. The fraction of sp³-hybridized carbons (Fsp3) is 0.500. The number of primary amides is 1. The predicted octanol–water partition coefficient (Wildman–Crippen LogP) is 2.34. The molecule has 6 heteroatoms. The van der Waals surface area contributed by atoms with Crippen LogP contribution in [0.5, 0.6) is 0 Å². The Morgan fingerprint density at radius 2 is 2.08 bits per heavy atom. The number of rotatable bonds is 8. The molecular formula is C20H27N3O3. The number of aromatic nitrogens is 1. The molecule has 1 saturated heterocycles. The predicted molar refractivity (Wildman–Crippen MR) is 102 cm³/mol. The molecular weight excluding hydrogens is 330 g/mol. The molecule has 0 bridgehead atoms. The third kappa shape index (κ3) is 4.51. The summed E-state index contributed by atoms with van der Waals surface area (Å²) in [6.45, 7) is 3.23. The topological polar surface area (TPSA) is 88.7 Å². The van der Waals surface area contributed by atoms with Gasteiger partial charge >= 0.3 is 0 Å². The van der Waals surface area contributed by atoms with Crippen molar-refractivity contribution in [3.05, 3.63) is 36.2 Å². The minimum atomic E-state index is -0.406. The van der Waals surface area contributed by atoms with Crippen LogP contribution in [0.25, 0.3) is 10.8 Å². The van der Waals surface area contributed by atoms with Gasteiger partial charge in [-0.2, -0.15) is 0 Å². The molecule has 2 heterocycles. The highest BCUT2D eigenvalue weighted by molar-refractivity contribution is 6.01. The van der Waals surface area contributed by atoms with E-state index in [4.69, 9.17) is 15.6 Å². The molecule has 0 aliphatic carbocycles. The summed E-state index contributed by atoms with van der Waals surface area (Å²) in [4.78, 5) is 18.2. The highest BCUT2D eigenvalue weighted by atomic mass is 16.5. The molecule has 1 aromatic carbocycles. The first-order valence-corrected chi connectivity index (χ1v) is 9.30. The van der Waals surface area contributed by atoms with E-state index in [-0.39, 0.29) is 6.61 Å². The van der Waals surface area contributed by atoms with E-state index in [0.717, 1.165) is 55.4 Å². The van der Waals surface area contributed by atoms with Crippen molar-refractivity contribution < 1.29 is 14.6 Å². The number of ether oxygens (including phenoxy) is 1. The molecule has 1 aliphatic heterocycles. The van der Waals surface area contributed by atoms with E-state index < -0.39 is 5.91 Å². The molecule has 1 aromatic heterocycles. The van der Waals surface area contributed by atoms with E-state index in [9.17, 15) is 4.79 Å². The van der Waals surface area contributed by atoms with Crippen LogP contribution in [0, 0.1) is 5.92 Å². The highest BCUT2D eigenvalue weighted by Gasteiger charge is 2.21. The molecule has 1 aliphatic rings. The Labute approximate surface area is 154 Å². The van der Waals surface area contributed by atoms with Crippen molar-refractivity contribution in [2.75, 3.05) is 37.8 Å². The van der Waals surface area contributed by atoms with Crippen molar-refractivity contribution in [1.82, 2.24) is 4.98 Å². The zero-order chi connectivity index (χ0) is 18.4. The van der Waals surface area contributed by atoms with Crippen molar-refractivity contribution in [3.8, 4) is 0 Å². The van der Waals surface area contributed by atoms with Crippen molar-refractivity contribution in [3.63, 3.8) is 0 Å². The van der Waals surface area contributed by atoms with Crippen molar-refractivity contribution in [1.29, 1.82) is 0 Å². The molecule has 1 amide bonds. The van der Waals surface area contributed by atoms with Crippen molar-refractivity contribution in [2.24, 2.45) is 11.7 Å². The van der Waals surface area contributed by atoms with E-state index in [1.54, 1.807) is 6.07 Å². The summed E-state index contributed by atoms with van der Waals surface area (Å²) in [5.74, 6) is 0.310. The number of pyridine rings is 1. The Kier molecular flexibility index (Phi) is 6.41. The van der Waals surface area contributed by atoms with Gasteiger partial charge in [-0.25, -0.2) is 0 Å². The number of benzene rings is 1. The SMILES string of the molecule is NC(=O)c1ccc2cncc(N3CCC(CCCOCCO)CC3)c2c1. The number of amides is 1. The van der Waals surface area contributed by atoms with Crippen LogP contribution in [-0.4, -0.2) is 48.9 Å². The molecule has 0 spiro atoms. The number of aliphatic hydroxyl groups excluding tert-OH is 1. The Morgan fingerprint density at radius 1 is 1.27 bits per heavy atom. The van der Waals surface area contributed by atoms with Gasteiger partial charge in [0, 0.05) is 42.2 Å². The third-order valence-electron chi connectivity index (χ3n) is 5.12. The third-order valence-corrected chi connectivity index (χ3v) is 5.12. The minimum Gasteiger partial charge on any atom is -0.394 e. The molecule has 140 valence electrons. The number of nitrogens with zero attached hydrogens (tertiary/aromatic N) is 2. The lowest BCUT2D eigenvalue weighted by atomic mass is 9.92. The van der Waals surface area contributed by atoms with Crippen LogP contribution in [0.1, 0.15) is 36.0 Å². The van der Waals surface area contributed by atoms with Crippen LogP contribution in [0.15, 0.2) is 30.6 Å². The molecule has 6 nitrogen and oxygen atoms in total. The van der Waals surface area contributed by atoms with Crippen LogP contribution >= 0.6 is 0 Å². The first-order valence-electron chi connectivity index (χ1n) is 9.30. The van der Waals surface area contributed by atoms with Gasteiger partial charge in [0.25, 0.3) is 0 Å². The van der Waals surface area contributed by atoms with Gasteiger partial charge in [-0.15, -0.1) is 0 Å². The van der Waals surface area contributed by atoms with Gasteiger partial charge in [0.15, 0.2) is 0 Å². The Hall–Kier alpha value is -2.18. The largest absolute Gasteiger partial charge is 0.394 e. The molecule has 3 rings (SSSR count). The Morgan fingerprint density at radius 3 is 2.81 bits per heavy atom. The lowest BCUT2D eigenvalue weighted by Gasteiger charge is -2.34. The fourth-order valence-electron chi connectivity index (χ4n) is 3.66. The maximum atomic E-state index is 11.5. The lowest BCUT2D eigenvalue weighted by molar-refractivity contribution is 0.0869. The average Bonchev–Trinajstić information content (AvgIpc) is 2.67. The summed E-state index contributed by atoms with van der Waals surface area (Å²) in [7, 11) is 0. The monoisotopic (exact) mass is 357 g/mol. The molecule has 26 heavy (non-hydrogen) atoms. The van der Waals surface area contributed by atoms with Crippen LogP contribution in [0.3, 0.4) is 0 Å². The first kappa shape index (κ1) is 18.6. The first-order chi connectivity index (χ1) is 12.7. The van der Waals surface area contributed by atoms with E-state index in [1.807, 2.05) is 24.5 Å². The molecule has 0 radical (unpaired) electrons. The number of anilines is 1. The van der Waals surface area contributed by atoms with E-state index in [1.165, 1.54) is 6.42 Å². The minimum absolute atomic E-state index is 0.0922. The summed E-state index contributed by atoms with van der Waals surface area (Å²) >= 11 is 0. The molecule has 2 aromatic rings. The summed E-state index contributed by atoms with van der Waals surface area (Å²) in [6.07, 6.45) is 8.21. The number of carbonyl (C=O) groups is 1. The number of hydrogen-bond donors (Lipinski definition) is 2. The summed E-state index contributed by atoms with van der Waals surface area (Å²) in [5, 5.41) is 10.8. The fourth-order valence-corrected chi connectivity index (χ4v) is 3.66. The number of aliphatic hydroxyl groups is 1. The van der Waals surface area contributed by atoms with E-state index in [2.05, 4.69) is 9.88 Å². The van der Waals surface area contributed by atoms with Crippen LogP contribution in [0.4, 0.5) is 5.69 Å². The Balaban J connectivity index is 1.62. The maximum Gasteiger partial charge on any atom is 0.248 e.